The molecule has 0 aromatic heterocycles. The lowest BCUT2D eigenvalue weighted by Crippen LogP contribution is -2.48. The third-order valence-electron chi connectivity index (χ3n) is 7.15. The van der Waals surface area contributed by atoms with Gasteiger partial charge >= 0.3 is 0 Å². The molecular weight excluding hydrogens is 350 g/mol. The van der Waals surface area contributed by atoms with Gasteiger partial charge in [-0.25, -0.2) is 0 Å². The lowest BCUT2D eigenvalue weighted by atomic mass is 9.94. The van der Waals surface area contributed by atoms with Crippen LogP contribution in [0.4, 0.5) is 0 Å². The topological polar surface area (TPSA) is 43.9 Å². The molecule has 2 atom stereocenters. The van der Waals surface area contributed by atoms with Crippen LogP contribution in [0.2, 0.25) is 0 Å². The van der Waals surface area contributed by atoms with Crippen LogP contribution in [0, 0.1) is 11.8 Å². The van der Waals surface area contributed by atoms with Crippen molar-refractivity contribution in [2.45, 2.75) is 51.1 Å². The lowest BCUT2D eigenvalue weighted by Gasteiger charge is -2.36. The maximum atomic E-state index is 12.8. The van der Waals surface area contributed by atoms with E-state index in [0.29, 0.717) is 18.4 Å². The van der Waals surface area contributed by atoms with Gasteiger partial charge in [0.25, 0.3) is 0 Å². The SMILES string of the molecule is O=C(CCN1C[C@@H]2CC[C@H](C1)N(CC1CC1)C2=O)N1CCc2ccccc2C1. The highest BCUT2D eigenvalue weighted by atomic mass is 16.2. The Kier molecular flexibility index (Phi) is 4.87. The molecule has 1 aromatic carbocycles. The lowest BCUT2D eigenvalue weighted by molar-refractivity contribution is -0.140. The second kappa shape index (κ2) is 7.51. The van der Waals surface area contributed by atoms with Crippen molar-refractivity contribution in [3.63, 3.8) is 0 Å². The molecule has 2 bridgehead atoms. The quantitative estimate of drug-likeness (QED) is 0.786. The van der Waals surface area contributed by atoms with Gasteiger partial charge in [0.1, 0.15) is 0 Å². The van der Waals surface area contributed by atoms with Crippen LogP contribution in [0.25, 0.3) is 0 Å². The summed E-state index contributed by atoms with van der Waals surface area (Å²) in [6, 6.07) is 8.82. The molecule has 0 unspecified atom stereocenters. The Morgan fingerprint density at radius 3 is 2.68 bits per heavy atom. The van der Waals surface area contributed by atoms with Crippen LogP contribution in [0.15, 0.2) is 24.3 Å². The van der Waals surface area contributed by atoms with Crippen LogP contribution in [0.5, 0.6) is 0 Å². The fourth-order valence-corrected chi connectivity index (χ4v) is 5.25. The van der Waals surface area contributed by atoms with Crippen molar-refractivity contribution in [1.29, 1.82) is 0 Å². The van der Waals surface area contributed by atoms with Gasteiger partial charge in [0.2, 0.25) is 11.8 Å². The Morgan fingerprint density at radius 2 is 1.86 bits per heavy atom. The van der Waals surface area contributed by atoms with Crippen molar-refractivity contribution in [1.82, 2.24) is 14.7 Å². The van der Waals surface area contributed by atoms with Gasteiger partial charge in [0.15, 0.2) is 0 Å². The van der Waals surface area contributed by atoms with Gasteiger partial charge in [0.05, 0.1) is 5.92 Å². The molecule has 0 N–H and O–H groups in total. The summed E-state index contributed by atoms with van der Waals surface area (Å²) in [7, 11) is 0. The molecule has 1 aliphatic carbocycles. The average Bonchev–Trinajstić information content (AvgIpc) is 3.56. The van der Waals surface area contributed by atoms with Crippen molar-refractivity contribution in [2.24, 2.45) is 11.8 Å². The molecule has 0 spiro atoms. The first-order chi connectivity index (χ1) is 13.7. The zero-order valence-corrected chi connectivity index (χ0v) is 16.7. The second-order valence-electron chi connectivity index (χ2n) is 9.21. The standard InChI is InChI=1S/C23H31N3O2/c27-22(25-12-9-18-3-1-2-4-19(18)15-25)10-11-24-14-20-7-8-21(16-24)26(23(20)28)13-17-5-6-17/h1-4,17,20-21H,5-16H2/t20-,21+/m0/s1. The van der Waals surface area contributed by atoms with E-state index in [1.54, 1.807) is 0 Å². The summed E-state index contributed by atoms with van der Waals surface area (Å²) in [4.78, 5) is 32.3. The van der Waals surface area contributed by atoms with Gasteiger partial charge in [-0.1, -0.05) is 24.3 Å². The summed E-state index contributed by atoms with van der Waals surface area (Å²) in [5.74, 6) is 1.53. The van der Waals surface area contributed by atoms with Crippen molar-refractivity contribution < 1.29 is 9.59 Å². The third kappa shape index (κ3) is 3.69. The minimum Gasteiger partial charge on any atom is -0.338 e. The van der Waals surface area contributed by atoms with Crippen LogP contribution < -0.4 is 0 Å². The maximum absolute atomic E-state index is 12.8. The Labute approximate surface area is 167 Å². The number of hydrogen-bond donors (Lipinski definition) is 0. The molecule has 5 nitrogen and oxygen atoms in total. The third-order valence-corrected chi connectivity index (χ3v) is 7.15. The molecule has 1 saturated carbocycles. The van der Waals surface area contributed by atoms with Crippen molar-refractivity contribution >= 4 is 11.8 Å². The Morgan fingerprint density at radius 1 is 1.04 bits per heavy atom. The number of fused-ring (bicyclic) bond motifs is 5. The van der Waals surface area contributed by atoms with Gasteiger partial charge in [-0.3, -0.25) is 14.5 Å². The smallest absolute Gasteiger partial charge is 0.227 e. The number of carbonyl (C=O) groups excluding carboxylic acids is 2. The maximum Gasteiger partial charge on any atom is 0.227 e. The zero-order valence-electron chi connectivity index (χ0n) is 16.7. The molecule has 0 radical (unpaired) electrons. The van der Waals surface area contributed by atoms with Crippen molar-refractivity contribution in [3.8, 4) is 0 Å². The van der Waals surface area contributed by atoms with Gasteiger partial charge in [-0.2, -0.15) is 0 Å². The van der Waals surface area contributed by atoms with Gasteiger partial charge < -0.3 is 9.80 Å². The van der Waals surface area contributed by atoms with Gasteiger partial charge in [-0.15, -0.1) is 0 Å². The summed E-state index contributed by atoms with van der Waals surface area (Å²) in [5, 5.41) is 0. The van der Waals surface area contributed by atoms with E-state index in [1.165, 1.54) is 24.0 Å². The van der Waals surface area contributed by atoms with E-state index in [-0.39, 0.29) is 11.8 Å². The molecule has 150 valence electrons. The highest BCUT2D eigenvalue weighted by Crippen LogP contribution is 2.35. The largest absolute Gasteiger partial charge is 0.338 e. The molecule has 1 aromatic rings. The first-order valence-electron chi connectivity index (χ1n) is 11.0. The zero-order chi connectivity index (χ0) is 19.1. The highest BCUT2D eigenvalue weighted by Gasteiger charge is 2.42. The van der Waals surface area contributed by atoms with Crippen molar-refractivity contribution in [3.05, 3.63) is 35.4 Å². The van der Waals surface area contributed by atoms with E-state index in [0.717, 1.165) is 64.4 Å². The Bertz CT molecular complexity index is 760. The van der Waals surface area contributed by atoms with Gasteiger partial charge in [0, 0.05) is 51.7 Å². The van der Waals surface area contributed by atoms with Gasteiger partial charge in [-0.05, 0) is 49.1 Å². The van der Waals surface area contributed by atoms with Crippen LogP contribution in [-0.2, 0) is 22.6 Å². The average molecular weight is 382 g/mol. The summed E-state index contributed by atoms with van der Waals surface area (Å²) in [5.41, 5.74) is 2.67. The fourth-order valence-electron chi connectivity index (χ4n) is 5.25. The minimum atomic E-state index is 0.148. The molecule has 6 rings (SSSR count). The number of benzene rings is 1. The van der Waals surface area contributed by atoms with Crippen molar-refractivity contribution in [2.75, 3.05) is 32.7 Å². The number of nitrogens with zero attached hydrogens (tertiary/aromatic N) is 3. The van der Waals surface area contributed by atoms with E-state index in [9.17, 15) is 9.59 Å². The first-order valence-corrected chi connectivity index (χ1v) is 11.0. The van der Waals surface area contributed by atoms with E-state index in [1.807, 2.05) is 4.90 Å². The number of hydrogen-bond acceptors (Lipinski definition) is 3. The van der Waals surface area contributed by atoms with Crippen LogP contribution in [0.3, 0.4) is 0 Å². The Balaban J connectivity index is 1.17. The summed E-state index contributed by atoms with van der Waals surface area (Å²) in [6.07, 6.45) is 6.27. The normalized spacial score (nSPS) is 27.6. The Hall–Kier alpha value is -1.88. The van der Waals surface area contributed by atoms with Crippen LogP contribution >= 0.6 is 0 Å². The highest BCUT2D eigenvalue weighted by molar-refractivity contribution is 5.81. The number of carbonyl (C=O) groups is 2. The summed E-state index contributed by atoms with van der Waals surface area (Å²) in [6.45, 7) is 5.12. The molecule has 5 aliphatic rings. The molecule has 3 saturated heterocycles. The summed E-state index contributed by atoms with van der Waals surface area (Å²) >= 11 is 0. The number of rotatable bonds is 5. The molecule has 2 amide bonds. The predicted octanol–water partition coefficient (Wildman–Crippen LogP) is 2.29. The van der Waals surface area contributed by atoms with E-state index in [2.05, 4.69) is 34.1 Å². The summed E-state index contributed by atoms with van der Waals surface area (Å²) < 4.78 is 0. The van der Waals surface area contributed by atoms with Crippen LogP contribution in [-0.4, -0.2) is 65.3 Å². The predicted molar refractivity (Wildman–Crippen MR) is 108 cm³/mol. The molecule has 4 heterocycles. The fraction of sp³-hybridized carbons (Fsp3) is 0.652. The minimum absolute atomic E-state index is 0.148. The van der Waals surface area contributed by atoms with Crippen LogP contribution in [0.1, 0.15) is 43.2 Å². The number of piperidine rings is 1. The van der Waals surface area contributed by atoms with E-state index >= 15 is 0 Å². The molecular formula is C23H31N3O2. The second-order valence-corrected chi connectivity index (χ2v) is 9.21. The molecule has 5 heteroatoms. The van der Waals surface area contributed by atoms with E-state index in [4.69, 9.17) is 0 Å². The molecule has 4 aliphatic heterocycles. The van der Waals surface area contributed by atoms with E-state index < -0.39 is 0 Å². The molecule has 28 heavy (non-hydrogen) atoms. The monoisotopic (exact) mass is 381 g/mol. The number of amides is 2. The first kappa shape index (κ1) is 18.2. The molecule has 4 fully saturated rings.